The van der Waals surface area contributed by atoms with Gasteiger partial charge in [0.25, 0.3) is 15.9 Å². The lowest BCUT2D eigenvalue weighted by Crippen LogP contribution is -2.24. The van der Waals surface area contributed by atoms with E-state index in [0.717, 1.165) is 18.6 Å². The summed E-state index contributed by atoms with van der Waals surface area (Å²) in [6.07, 6.45) is 0.788. The van der Waals surface area contributed by atoms with Crippen LogP contribution in [0.3, 0.4) is 0 Å². The minimum absolute atomic E-state index is 0.0361. The van der Waals surface area contributed by atoms with E-state index in [0.29, 0.717) is 6.54 Å². The van der Waals surface area contributed by atoms with Crippen molar-refractivity contribution in [2.24, 2.45) is 0 Å². The second-order valence-corrected chi connectivity index (χ2v) is 6.58. The summed E-state index contributed by atoms with van der Waals surface area (Å²) in [5.41, 5.74) is 0.507. The predicted octanol–water partition coefficient (Wildman–Crippen LogP) is 2.77. The van der Waals surface area contributed by atoms with Crippen LogP contribution in [0.2, 0.25) is 0 Å². The molecule has 7 heteroatoms. The molecular weight excluding hydrogens is 319 g/mol. The number of hydrogen-bond donors (Lipinski definition) is 2. The Morgan fingerprint density at radius 2 is 1.83 bits per heavy atom. The summed E-state index contributed by atoms with van der Waals surface area (Å²) in [6.45, 7) is 2.44. The van der Waals surface area contributed by atoms with Gasteiger partial charge in [0.15, 0.2) is 0 Å². The number of rotatable bonds is 6. The Labute approximate surface area is 134 Å². The Morgan fingerprint density at radius 1 is 1.13 bits per heavy atom. The molecule has 0 spiro atoms. The van der Waals surface area contributed by atoms with Gasteiger partial charge in [-0.2, -0.15) is 0 Å². The average molecular weight is 336 g/mol. The topological polar surface area (TPSA) is 75.3 Å². The highest BCUT2D eigenvalue weighted by molar-refractivity contribution is 7.92. The maximum absolute atomic E-state index is 12.9. The van der Waals surface area contributed by atoms with Crippen LogP contribution in [0.1, 0.15) is 23.7 Å². The van der Waals surface area contributed by atoms with Crippen LogP contribution in [0.5, 0.6) is 0 Å². The molecule has 2 aromatic rings. The number of halogens is 1. The highest BCUT2D eigenvalue weighted by Gasteiger charge is 2.16. The highest BCUT2D eigenvalue weighted by atomic mass is 32.2. The summed E-state index contributed by atoms with van der Waals surface area (Å²) in [6, 6.07) is 10.7. The van der Waals surface area contributed by atoms with E-state index in [1.165, 1.54) is 30.3 Å². The fourth-order valence-corrected chi connectivity index (χ4v) is 2.98. The summed E-state index contributed by atoms with van der Waals surface area (Å²) in [5.74, 6) is -0.784. The fraction of sp³-hybridized carbons (Fsp3) is 0.188. The monoisotopic (exact) mass is 336 g/mol. The molecule has 0 aliphatic carbocycles. The van der Waals surface area contributed by atoms with Gasteiger partial charge in [0.1, 0.15) is 5.82 Å². The van der Waals surface area contributed by atoms with Gasteiger partial charge in [-0.1, -0.05) is 13.0 Å². The molecule has 2 aromatic carbocycles. The minimum atomic E-state index is -3.86. The van der Waals surface area contributed by atoms with Crippen molar-refractivity contribution in [1.82, 2.24) is 5.32 Å². The Hall–Kier alpha value is -2.41. The summed E-state index contributed by atoms with van der Waals surface area (Å²) in [5, 5.41) is 2.69. The number of benzene rings is 2. The zero-order valence-corrected chi connectivity index (χ0v) is 13.4. The summed E-state index contributed by atoms with van der Waals surface area (Å²) >= 11 is 0. The van der Waals surface area contributed by atoms with Crippen LogP contribution in [0, 0.1) is 5.82 Å². The standard InChI is InChI=1S/C16H17FN2O3S/c1-2-10-18-16(20)12-4-3-5-15(11-12)23(21,22)19-14-8-6-13(17)7-9-14/h3-9,11,19H,2,10H2,1H3,(H,18,20). The van der Waals surface area contributed by atoms with Crippen LogP contribution in [-0.2, 0) is 10.0 Å². The number of carbonyl (C=O) groups is 1. The molecule has 0 saturated carbocycles. The molecule has 23 heavy (non-hydrogen) atoms. The van der Waals surface area contributed by atoms with Crippen LogP contribution in [0.25, 0.3) is 0 Å². The minimum Gasteiger partial charge on any atom is -0.352 e. The quantitative estimate of drug-likeness (QED) is 0.852. The highest BCUT2D eigenvalue weighted by Crippen LogP contribution is 2.17. The lowest BCUT2D eigenvalue weighted by Gasteiger charge is -2.09. The lowest BCUT2D eigenvalue weighted by molar-refractivity contribution is 0.0953. The molecule has 1 amide bonds. The Balaban J connectivity index is 2.22. The SMILES string of the molecule is CCCNC(=O)c1cccc(S(=O)(=O)Nc2ccc(F)cc2)c1. The summed E-state index contributed by atoms with van der Waals surface area (Å²) < 4.78 is 39.9. The zero-order valence-electron chi connectivity index (χ0n) is 12.5. The number of anilines is 1. The Morgan fingerprint density at radius 3 is 2.48 bits per heavy atom. The van der Waals surface area contributed by atoms with Gasteiger partial charge in [0.05, 0.1) is 4.90 Å². The number of carbonyl (C=O) groups excluding carboxylic acids is 1. The van der Waals surface area contributed by atoms with Crippen molar-refractivity contribution in [3.63, 3.8) is 0 Å². The van der Waals surface area contributed by atoms with E-state index in [4.69, 9.17) is 0 Å². The molecule has 5 nitrogen and oxygen atoms in total. The third-order valence-corrected chi connectivity index (χ3v) is 4.42. The molecule has 0 unspecified atom stereocenters. The van der Waals surface area contributed by atoms with Crippen molar-refractivity contribution >= 4 is 21.6 Å². The van der Waals surface area contributed by atoms with E-state index >= 15 is 0 Å². The molecule has 0 aromatic heterocycles. The van der Waals surface area contributed by atoms with Crippen LogP contribution in [-0.4, -0.2) is 20.9 Å². The molecule has 0 atom stereocenters. The maximum Gasteiger partial charge on any atom is 0.261 e. The second kappa shape index (κ2) is 7.23. The molecule has 2 rings (SSSR count). The third-order valence-electron chi connectivity index (χ3n) is 3.04. The second-order valence-electron chi connectivity index (χ2n) is 4.90. The maximum atomic E-state index is 12.9. The lowest BCUT2D eigenvalue weighted by atomic mass is 10.2. The van der Waals surface area contributed by atoms with Gasteiger partial charge in [-0.3, -0.25) is 9.52 Å². The largest absolute Gasteiger partial charge is 0.352 e. The number of amides is 1. The molecule has 0 saturated heterocycles. The smallest absolute Gasteiger partial charge is 0.261 e. The van der Waals surface area contributed by atoms with Crippen LogP contribution >= 0.6 is 0 Å². The normalized spacial score (nSPS) is 11.0. The first kappa shape index (κ1) is 17.0. The summed E-state index contributed by atoms with van der Waals surface area (Å²) in [7, 11) is -3.86. The van der Waals surface area contributed by atoms with Gasteiger partial charge >= 0.3 is 0 Å². The van der Waals surface area contributed by atoms with Crippen LogP contribution in [0.4, 0.5) is 10.1 Å². The molecule has 0 aliphatic heterocycles. The van der Waals surface area contributed by atoms with Crippen molar-refractivity contribution in [3.05, 3.63) is 59.9 Å². The van der Waals surface area contributed by atoms with E-state index in [1.54, 1.807) is 6.07 Å². The fourth-order valence-electron chi connectivity index (χ4n) is 1.88. The molecule has 0 fully saturated rings. The third kappa shape index (κ3) is 4.53. The van der Waals surface area contributed by atoms with Gasteiger partial charge in [-0.05, 0) is 48.9 Å². The number of sulfonamides is 1. The molecule has 0 bridgehead atoms. The van der Waals surface area contributed by atoms with E-state index in [2.05, 4.69) is 10.0 Å². The van der Waals surface area contributed by atoms with Crippen molar-refractivity contribution < 1.29 is 17.6 Å². The molecule has 0 aliphatic rings. The van der Waals surface area contributed by atoms with E-state index in [-0.39, 0.29) is 22.1 Å². The van der Waals surface area contributed by atoms with E-state index < -0.39 is 15.8 Å². The first-order valence-electron chi connectivity index (χ1n) is 7.09. The van der Waals surface area contributed by atoms with Gasteiger partial charge in [-0.15, -0.1) is 0 Å². The van der Waals surface area contributed by atoms with Gasteiger partial charge in [0, 0.05) is 17.8 Å². The van der Waals surface area contributed by atoms with Crippen molar-refractivity contribution in [1.29, 1.82) is 0 Å². The number of nitrogens with one attached hydrogen (secondary N) is 2. The van der Waals surface area contributed by atoms with E-state index in [1.807, 2.05) is 6.92 Å². The predicted molar refractivity (Wildman–Crippen MR) is 86.3 cm³/mol. The first-order valence-corrected chi connectivity index (χ1v) is 8.57. The summed E-state index contributed by atoms with van der Waals surface area (Å²) in [4.78, 5) is 11.9. The number of hydrogen-bond acceptors (Lipinski definition) is 3. The van der Waals surface area contributed by atoms with Crippen LogP contribution in [0.15, 0.2) is 53.4 Å². The Bertz CT molecular complexity index is 789. The molecule has 122 valence electrons. The van der Waals surface area contributed by atoms with Crippen molar-refractivity contribution in [3.8, 4) is 0 Å². The van der Waals surface area contributed by atoms with Crippen molar-refractivity contribution in [2.75, 3.05) is 11.3 Å². The van der Waals surface area contributed by atoms with Gasteiger partial charge < -0.3 is 5.32 Å². The first-order chi connectivity index (χ1) is 10.9. The molecule has 0 radical (unpaired) electrons. The zero-order chi connectivity index (χ0) is 16.9. The molecular formula is C16H17FN2O3S. The van der Waals surface area contributed by atoms with Gasteiger partial charge in [-0.25, -0.2) is 12.8 Å². The van der Waals surface area contributed by atoms with Crippen molar-refractivity contribution in [2.45, 2.75) is 18.2 Å². The van der Waals surface area contributed by atoms with Gasteiger partial charge in [0.2, 0.25) is 0 Å². The Kier molecular flexibility index (Phi) is 5.33. The van der Waals surface area contributed by atoms with E-state index in [9.17, 15) is 17.6 Å². The van der Waals surface area contributed by atoms with Crippen LogP contribution < -0.4 is 10.0 Å². The average Bonchev–Trinajstić information content (AvgIpc) is 2.54. The molecule has 2 N–H and O–H groups in total. The molecule has 0 heterocycles.